The Labute approximate surface area is 110 Å². The largest absolute Gasteiger partial charge is 0.216 e. The molecular formula is C14H26N4. The van der Waals surface area contributed by atoms with E-state index in [0.717, 1.165) is 22.7 Å². The zero-order valence-electron chi connectivity index (χ0n) is 12.8. The molecule has 2 aromatic rings. The van der Waals surface area contributed by atoms with Crippen LogP contribution in [0.5, 0.6) is 0 Å². The van der Waals surface area contributed by atoms with Gasteiger partial charge in [0.05, 0.1) is 17.1 Å². The third kappa shape index (κ3) is 4.43. The number of hydrogen-bond acceptors (Lipinski definition) is 3. The SMILES string of the molecule is CC.CCCC.Cc1cc2nnc(C)c(C)n2n1. The highest BCUT2D eigenvalue weighted by atomic mass is 15.3. The van der Waals surface area contributed by atoms with Crippen LogP contribution in [0.1, 0.15) is 57.6 Å². The Balaban J connectivity index is 0.000000415. The molecular weight excluding hydrogens is 224 g/mol. The highest BCUT2D eigenvalue weighted by molar-refractivity contribution is 5.39. The lowest BCUT2D eigenvalue weighted by Crippen LogP contribution is -2.01. The quantitative estimate of drug-likeness (QED) is 0.771. The van der Waals surface area contributed by atoms with Crippen molar-refractivity contribution in [3.8, 4) is 0 Å². The number of rotatable bonds is 1. The average Bonchev–Trinajstić information content (AvgIpc) is 2.78. The first-order valence-corrected chi connectivity index (χ1v) is 6.76. The summed E-state index contributed by atoms with van der Waals surface area (Å²) in [6.45, 7) is 14.2. The highest BCUT2D eigenvalue weighted by Gasteiger charge is 2.03. The average molecular weight is 250 g/mol. The molecule has 0 saturated carbocycles. The van der Waals surface area contributed by atoms with Crippen LogP contribution in [-0.2, 0) is 0 Å². The Bertz CT molecular complexity index is 458. The molecule has 0 N–H and O–H groups in total. The summed E-state index contributed by atoms with van der Waals surface area (Å²) in [7, 11) is 0. The third-order valence-corrected chi connectivity index (χ3v) is 2.46. The molecule has 0 unspecified atom stereocenters. The van der Waals surface area contributed by atoms with Crippen molar-refractivity contribution in [3.63, 3.8) is 0 Å². The van der Waals surface area contributed by atoms with Crippen LogP contribution in [0.2, 0.25) is 0 Å². The maximum absolute atomic E-state index is 4.29. The number of hydrogen-bond donors (Lipinski definition) is 0. The molecule has 2 aromatic heterocycles. The lowest BCUT2D eigenvalue weighted by atomic mass is 10.4. The Morgan fingerprint density at radius 2 is 1.56 bits per heavy atom. The van der Waals surface area contributed by atoms with Gasteiger partial charge in [-0.05, 0) is 20.8 Å². The van der Waals surface area contributed by atoms with Gasteiger partial charge in [-0.2, -0.15) is 10.2 Å². The van der Waals surface area contributed by atoms with Crippen LogP contribution >= 0.6 is 0 Å². The molecule has 4 heteroatoms. The number of unbranched alkanes of at least 4 members (excludes halogenated alkanes) is 1. The van der Waals surface area contributed by atoms with E-state index in [1.54, 1.807) is 0 Å². The summed E-state index contributed by atoms with van der Waals surface area (Å²) in [5.41, 5.74) is 3.76. The van der Waals surface area contributed by atoms with Gasteiger partial charge in [-0.15, -0.1) is 5.10 Å². The number of aryl methyl sites for hydroxylation is 3. The molecule has 2 rings (SSSR count). The summed E-state index contributed by atoms with van der Waals surface area (Å²) in [5.74, 6) is 0. The molecule has 0 aliphatic heterocycles. The van der Waals surface area contributed by atoms with Crippen LogP contribution < -0.4 is 0 Å². The zero-order valence-corrected chi connectivity index (χ0v) is 12.8. The van der Waals surface area contributed by atoms with Gasteiger partial charge in [-0.3, -0.25) is 0 Å². The highest BCUT2D eigenvalue weighted by Crippen LogP contribution is 2.06. The second kappa shape index (κ2) is 8.61. The van der Waals surface area contributed by atoms with Gasteiger partial charge in [-0.1, -0.05) is 40.5 Å². The first-order valence-electron chi connectivity index (χ1n) is 6.76. The molecule has 4 nitrogen and oxygen atoms in total. The summed E-state index contributed by atoms with van der Waals surface area (Å²) in [6, 6.07) is 1.92. The van der Waals surface area contributed by atoms with Gasteiger partial charge in [0.2, 0.25) is 0 Å². The molecule has 2 heterocycles. The van der Waals surface area contributed by atoms with Crippen molar-refractivity contribution in [3.05, 3.63) is 23.1 Å². The molecule has 18 heavy (non-hydrogen) atoms. The van der Waals surface area contributed by atoms with Crippen LogP contribution in [0.3, 0.4) is 0 Å². The Morgan fingerprint density at radius 3 is 2.06 bits per heavy atom. The molecule has 0 fully saturated rings. The normalized spacial score (nSPS) is 9.28. The van der Waals surface area contributed by atoms with Gasteiger partial charge in [0.25, 0.3) is 0 Å². The van der Waals surface area contributed by atoms with Crippen LogP contribution in [-0.4, -0.2) is 19.8 Å². The molecule has 0 atom stereocenters. The van der Waals surface area contributed by atoms with E-state index in [2.05, 4.69) is 29.1 Å². The minimum absolute atomic E-state index is 0.815. The predicted molar refractivity (Wildman–Crippen MR) is 76.9 cm³/mol. The van der Waals surface area contributed by atoms with Gasteiger partial charge in [-0.25, -0.2) is 4.52 Å². The standard InChI is InChI=1S/C8H10N4.C4H10.C2H6/c1-5-4-8-10-9-6(2)7(3)12(8)11-5;1-3-4-2;1-2/h4H,1-3H3;3-4H2,1-2H3;1-2H3. The van der Waals surface area contributed by atoms with Crippen molar-refractivity contribution in [2.45, 2.75) is 61.3 Å². The van der Waals surface area contributed by atoms with Gasteiger partial charge in [0.1, 0.15) is 0 Å². The van der Waals surface area contributed by atoms with Gasteiger partial charge < -0.3 is 0 Å². The Morgan fingerprint density at radius 1 is 1.00 bits per heavy atom. The van der Waals surface area contributed by atoms with Crippen molar-refractivity contribution < 1.29 is 0 Å². The molecule has 0 spiro atoms. The van der Waals surface area contributed by atoms with E-state index < -0.39 is 0 Å². The van der Waals surface area contributed by atoms with Crippen molar-refractivity contribution in [2.75, 3.05) is 0 Å². The zero-order chi connectivity index (χ0) is 14.1. The molecule has 0 aromatic carbocycles. The predicted octanol–water partition coefficient (Wildman–Crippen LogP) is 3.88. The third-order valence-electron chi connectivity index (χ3n) is 2.46. The monoisotopic (exact) mass is 250 g/mol. The van der Waals surface area contributed by atoms with Gasteiger partial charge >= 0.3 is 0 Å². The second-order valence-electron chi connectivity index (χ2n) is 3.93. The molecule has 0 saturated heterocycles. The minimum Gasteiger partial charge on any atom is -0.216 e. The first-order chi connectivity index (χ1) is 8.60. The van der Waals surface area contributed by atoms with Crippen LogP contribution in [0.4, 0.5) is 0 Å². The van der Waals surface area contributed by atoms with Crippen LogP contribution in [0, 0.1) is 20.8 Å². The lowest BCUT2D eigenvalue weighted by Gasteiger charge is -1.99. The number of fused-ring (bicyclic) bond motifs is 1. The molecule has 0 aliphatic carbocycles. The molecule has 0 aliphatic rings. The second-order valence-corrected chi connectivity index (χ2v) is 3.93. The van der Waals surface area contributed by atoms with Crippen molar-refractivity contribution in [1.82, 2.24) is 19.8 Å². The number of aromatic nitrogens is 4. The molecule has 0 amide bonds. The number of nitrogens with zero attached hydrogens (tertiary/aromatic N) is 4. The fourth-order valence-corrected chi connectivity index (χ4v) is 1.16. The van der Waals surface area contributed by atoms with E-state index in [4.69, 9.17) is 0 Å². The first kappa shape index (κ1) is 16.6. The Hall–Kier alpha value is -1.45. The minimum atomic E-state index is 0.815. The van der Waals surface area contributed by atoms with Crippen molar-refractivity contribution in [1.29, 1.82) is 0 Å². The van der Waals surface area contributed by atoms with E-state index >= 15 is 0 Å². The van der Waals surface area contributed by atoms with Crippen LogP contribution in [0.25, 0.3) is 5.65 Å². The Kier molecular flexibility index (Phi) is 7.92. The fraction of sp³-hybridized carbons (Fsp3) is 0.643. The summed E-state index contributed by atoms with van der Waals surface area (Å²) in [4.78, 5) is 0. The van der Waals surface area contributed by atoms with Crippen molar-refractivity contribution >= 4 is 5.65 Å². The molecule has 102 valence electrons. The maximum Gasteiger partial charge on any atom is 0.177 e. The summed E-state index contributed by atoms with van der Waals surface area (Å²) in [5, 5.41) is 12.3. The molecule has 0 bridgehead atoms. The van der Waals surface area contributed by atoms with Crippen molar-refractivity contribution in [2.24, 2.45) is 0 Å². The van der Waals surface area contributed by atoms with E-state index in [-0.39, 0.29) is 0 Å². The van der Waals surface area contributed by atoms with Crippen LogP contribution in [0.15, 0.2) is 6.07 Å². The molecule has 0 radical (unpaired) electrons. The van der Waals surface area contributed by atoms with E-state index in [9.17, 15) is 0 Å². The van der Waals surface area contributed by atoms with E-state index in [0.29, 0.717) is 0 Å². The smallest absolute Gasteiger partial charge is 0.177 e. The summed E-state index contributed by atoms with van der Waals surface area (Å²) < 4.78 is 1.82. The van der Waals surface area contributed by atoms with Gasteiger partial charge in [0.15, 0.2) is 5.65 Å². The topological polar surface area (TPSA) is 43.1 Å². The van der Waals surface area contributed by atoms with Gasteiger partial charge in [0, 0.05) is 6.07 Å². The maximum atomic E-state index is 4.29. The summed E-state index contributed by atoms with van der Waals surface area (Å²) in [6.07, 6.45) is 2.64. The fourth-order valence-electron chi connectivity index (χ4n) is 1.16. The van der Waals surface area contributed by atoms with E-state index in [1.165, 1.54) is 12.8 Å². The summed E-state index contributed by atoms with van der Waals surface area (Å²) >= 11 is 0. The van der Waals surface area contributed by atoms with E-state index in [1.807, 2.05) is 45.2 Å². The lowest BCUT2D eigenvalue weighted by molar-refractivity contribution is 0.815.